The minimum Gasteiger partial charge on any atom is -0.467 e. The molecule has 0 atom stereocenters. The third kappa shape index (κ3) is 3.63. The van der Waals surface area contributed by atoms with Gasteiger partial charge in [0.15, 0.2) is 0 Å². The van der Waals surface area contributed by atoms with Gasteiger partial charge in [-0.2, -0.15) is 0 Å². The zero-order valence-electron chi connectivity index (χ0n) is 13.5. The largest absolute Gasteiger partial charge is 0.467 e. The Morgan fingerprint density at radius 1 is 1.22 bits per heavy atom. The summed E-state index contributed by atoms with van der Waals surface area (Å²) in [6.45, 7) is 6.67. The highest BCUT2D eigenvalue weighted by atomic mass is 16.3. The van der Waals surface area contributed by atoms with Gasteiger partial charge in [0.1, 0.15) is 12.0 Å². The Morgan fingerprint density at radius 3 is 2.61 bits per heavy atom. The molecule has 1 aromatic heterocycles. The Kier molecular flexibility index (Phi) is 4.79. The number of amides is 1. The molecule has 1 saturated heterocycles. The van der Waals surface area contributed by atoms with Crippen molar-refractivity contribution in [1.29, 1.82) is 0 Å². The molecule has 23 heavy (non-hydrogen) atoms. The van der Waals surface area contributed by atoms with Gasteiger partial charge in [-0.25, -0.2) is 0 Å². The van der Waals surface area contributed by atoms with Crippen molar-refractivity contribution < 1.29 is 9.21 Å². The second-order valence-electron chi connectivity index (χ2n) is 6.00. The summed E-state index contributed by atoms with van der Waals surface area (Å²) in [6.07, 6.45) is 1.50. The van der Waals surface area contributed by atoms with Gasteiger partial charge in [0.05, 0.1) is 12.1 Å². The molecule has 122 valence electrons. The summed E-state index contributed by atoms with van der Waals surface area (Å²) in [5.74, 6) is 0.676. The van der Waals surface area contributed by atoms with E-state index in [0.29, 0.717) is 17.9 Å². The number of aryl methyl sites for hydroxylation is 1. The van der Waals surface area contributed by atoms with Crippen LogP contribution < -0.4 is 5.73 Å². The molecule has 5 nitrogen and oxygen atoms in total. The topological polar surface area (TPSA) is 62.7 Å². The average Bonchev–Trinajstić information content (AvgIpc) is 3.06. The van der Waals surface area contributed by atoms with Crippen LogP contribution in [0.25, 0.3) is 0 Å². The van der Waals surface area contributed by atoms with Gasteiger partial charge in [-0.15, -0.1) is 0 Å². The van der Waals surface area contributed by atoms with Gasteiger partial charge in [-0.05, 0) is 24.1 Å². The monoisotopic (exact) mass is 313 g/mol. The van der Waals surface area contributed by atoms with Crippen LogP contribution in [0.4, 0.5) is 0 Å². The lowest BCUT2D eigenvalue weighted by Gasteiger charge is -2.34. The standard InChI is InChI=1S/C18H23N3O2/c1-14-4-2-3-5-15(14)12-20-6-8-21(9-7-20)18(22)16-10-17(11-19)23-13-16/h2-5,10,13H,6-9,11-12,19H2,1H3. The van der Waals surface area contributed by atoms with Crippen LogP contribution in [-0.2, 0) is 13.1 Å². The first-order valence-corrected chi connectivity index (χ1v) is 8.01. The number of carbonyl (C=O) groups excluding carboxylic acids is 1. The molecule has 1 fully saturated rings. The second kappa shape index (κ2) is 6.98. The van der Waals surface area contributed by atoms with Crippen LogP contribution in [0.2, 0.25) is 0 Å². The van der Waals surface area contributed by atoms with Crippen molar-refractivity contribution in [2.75, 3.05) is 26.2 Å². The fourth-order valence-electron chi connectivity index (χ4n) is 2.92. The highest BCUT2D eigenvalue weighted by Gasteiger charge is 2.23. The number of hydrogen-bond acceptors (Lipinski definition) is 4. The van der Waals surface area contributed by atoms with Gasteiger partial charge in [-0.3, -0.25) is 9.69 Å². The Bertz CT molecular complexity index is 672. The van der Waals surface area contributed by atoms with E-state index < -0.39 is 0 Å². The minimum absolute atomic E-state index is 0.0315. The van der Waals surface area contributed by atoms with Crippen LogP contribution in [0.5, 0.6) is 0 Å². The van der Waals surface area contributed by atoms with Crippen LogP contribution in [0.15, 0.2) is 41.0 Å². The molecule has 0 radical (unpaired) electrons. The molecule has 1 amide bonds. The van der Waals surface area contributed by atoms with Gasteiger partial charge in [0, 0.05) is 32.7 Å². The SMILES string of the molecule is Cc1ccccc1CN1CCN(C(=O)c2coc(CN)c2)CC1. The smallest absolute Gasteiger partial charge is 0.257 e. The number of benzene rings is 1. The van der Waals surface area contributed by atoms with E-state index in [0.717, 1.165) is 32.7 Å². The van der Waals surface area contributed by atoms with Crippen molar-refractivity contribution in [2.24, 2.45) is 5.73 Å². The Labute approximate surface area is 136 Å². The summed E-state index contributed by atoms with van der Waals surface area (Å²) < 4.78 is 5.26. The highest BCUT2D eigenvalue weighted by Crippen LogP contribution is 2.15. The van der Waals surface area contributed by atoms with Gasteiger partial charge < -0.3 is 15.1 Å². The normalized spacial score (nSPS) is 15.8. The molecular formula is C18H23N3O2. The number of hydrogen-bond donors (Lipinski definition) is 1. The zero-order valence-corrected chi connectivity index (χ0v) is 13.5. The number of rotatable bonds is 4. The molecule has 0 saturated carbocycles. The summed E-state index contributed by atoms with van der Waals surface area (Å²) in [5, 5.41) is 0. The van der Waals surface area contributed by atoms with E-state index in [1.54, 1.807) is 6.07 Å². The molecule has 1 aliphatic heterocycles. The van der Waals surface area contributed by atoms with Crippen molar-refractivity contribution >= 4 is 5.91 Å². The van der Waals surface area contributed by atoms with Crippen LogP contribution in [-0.4, -0.2) is 41.9 Å². The van der Waals surface area contributed by atoms with Crippen LogP contribution in [0.3, 0.4) is 0 Å². The lowest BCUT2D eigenvalue weighted by atomic mass is 10.1. The van der Waals surface area contributed by atoms with Crippen molar-refractivity contribution in [3.63, 3.8) is 0 Å². The number of piperazine rings is 1. The molecule has 1 aliphatic rings. The van der Waals surface area contributed by atoms with Crippen molar-refractivity contribution in [3.05, 3.63) is 59.0 Å². The fraction of sp³-hybridized carbons (Fsp3) is 0.389. The Morgan fingerprint density at radius 2 is 1.96 bits per heavy atom. The molecule has 2 heterocycles. The highest BCUT2D eigenvalue weighted by molar-refractivity contribution is 5.94. The summed E-state index contributed by atoms with van der Waals surface area (Å²) in [5.41, 5.74) is 8.79. The van der Waals surface area contributed by atoms with E-state index in [2.05, 4.69) is 36.1 Å². The van der Waals surface area contributed by atoms with Gasteiger partial charge in [-0.1, -0.05) is 24.3 Å². The molecular weight excluding hydrogens is 290 g/mol. The van der Waals surface area contributed by atoms with Crippen molar-refractivity contribution in [2.45, 2.75) is 20.0 Å². The van der Waals surface area contributed by atoms with Crippen LogP contribution in [0.1, 0.15) is 27.2 Å². The summed E-state index contributed by atoms with van der Waals surface area (Å²) in [7, 11) is 0. The third-order valence-corrected chi connectivity index (χ3v) is 4.42. The maximum Gasteiger partial charge on any atom is 0.257 e. The number of nitrogens with zero attached hydrogens (tertiary/aromatic N) is 2. The molecule has 0 spiro atoms. The molecule has 3 rings (SSSR count). The molecule has 2 aromatic rings. The second-order valence-corrected chi connectivity index (χ2v) is 6.00. The fourth-order valence-corrected chi connectivity index (χ4v) is 2.92. The lowest BCUT2D eigenvalue weighted by Crippen LogP contribution is -2.48. The molecule has 0 aliphatic carbocycles. The van der Waals surface area contributed by atoms with E-state index in [1.165, 1.54) is 17.4 Å². The van der Waals surface area contributed by atoms with Gasteiger partial charge in [0.25, 0.3) is 5.91 Å². The Hall–Kier alpha value is -2.11. The predicted molar refractivity (Wildman–Crippen MR) is 89.0 cm³/mol. The molecule has 0 unspecified atom stereocenters. The molecule has 5 heteroatoms. The Balaban J connectivity index is 1.56. The van der Waals surface area contributed by atoms with E-state index in [9.17, 15) is 4.79 Å². The van der Waals surface area contributed by atoms with Gasteiger partial charge >= 0.3 is 0 Å². The predicted octanol–water partition coefficient (Wildman–Crippen LogP) is 2.00. The molecule has 1 aromatic carbocycles. The summed E-state index contributed by atoms with van der Waals surface area (Å²) in [4.78, 5) is 16.7. The van der Waals surface area contributed by atoms with E-state index in [-0.39, 0.29) is 5.91 Å². The van der Waals surface area contributed by atoms with Crippen LogP contribution >= 0.6 is 0 Å². The quantitative estimate of drug-likeness (QED) is 0.938. The summed E-state index contributed by atoms with van der Waals surface area (Å²) >= 11 is 0. The number of nitrogens with two attached hydrogens (primary N) is 1. The maximum atomic E-state index is 12.5. The van der Waals surface area contributed by atoms with E-state index in [4.69, 9.17) is 10.2 Å². The zero-order chi connectivity index (χ0) is 16.2. The first kappa shape index (κ1) is 15.8. The minimum atomic E-state index is 0.0315. The first-order chi connectivity index (χ1) is 11.2. The van der Waals surface area contributed by atoms with E-state index >= 15 is 0 Å². The average molecular weight is 313 g/mol. The first-order valence-electron chi connectivity index (χ1n) is 8.01. The maximum absolute atomic E-state index is 12.5. The number of furan rings is 1. The van der Waals surface area contributed by atoms with Crippen LogP contribution in [0, 0.1) is 6.92 Å². The summed E-state index contributed by atoms with van der Waals surface area (Å²) in [6, 6.07) is 10.2. The van der Waals surface area contributed by atoms with Crippen molar-refractivity contribution in [1.82, 2.24) is 9.80 Å². The van der Waals surface area contributed by atoms with Crippen molar-refractivity contribution in [3.8, 4) is 0 Å². The molecule has 2 N–H and O–H groups in total. The van der Waals surface area contributed by atoms with Gasteiger partial charge in [0.2, 0.25) is 0 Å². The number of carbonyl (C=O) groups is 1. The molecule has 0 bridgehead atoms. The van der Waals surface area contributed by atoms with E-state index in [1.807, 2.05) is 4.90 Å². The third-order valence-electron chi connectivity index (χ3n) is 4.42. The lowest BCUT2D eigenvalue weighted by molar-refractivity contribution is 0.0627.